The summed E-state index contributed by atoms with van der Waals surface area (Å²) in [5.74, 6) is 1.85. The van der Waals surface area contributed by atoms with E-state index in [1.165, 1.54) is 44.5 Å². The quantitative estimate of drug-likeness (QED) is 0.156. The fraction of sp³-hybridized carbons (Fsp3) is 0.0156. The summed E-state index contributed by atoms with van der Waals surface area (Å²) in [5, 5.41) is 3.28. The number of hydrogen-bond donors (Lipinski definition) is 0. The van der Waals surface area contributed by atoms with Gasteiger partial charge in [-0.25, -0.2) is 19.9 Å². The lowest BCUT2D eigenvalue weighted by atomic mass is 9.70. The summed E-state index contributed by atoms with van der Waals surface area (Å²) in [6.07, 6.45) is 3.78. The third-order valence-electron chi connectivity index (χ3n) is 14.2. The number of rotatable bonds is 6. The van der Waals surface area contributed by atoms with Gasteiger partial charge in [0.1, 0.15) is 0 Å². The van der Waals surface area contributed by atoms with Crippen molar-refractivity contribution in [2.75, 3.05) is 0 Å². The second-order valence-electron chi connectivity index (χ2n) is 18.0. The van der Waals surface area contributed by atoms with E-state index in [1.807, 2.05) is 54.9 Å². The lowest BCUT2D eigenvalue weighted by Crippen LogP contribution is -2.25. The minimum absolute atomic E-state index is 0.416. The normalized spacial score (nSPS) is 12.8. The van der Waals surface area contributed by atoms with Gasteiger partial charge in [0.15, 0.2) is 17.5 Å². The molecule has 0 atom stereocenters. The van der Waals surface area contributed by atoms with Crippen LogP contribution >= 0.6 is 0 Å². The molecule has 3 heterocycles. The van der Waals surface area contributed by atoms with Crippen molar-refractivity contribution in [2.24, 2.45) is 0 Å². The van der Waals surface area contributed by atoms with Crippen molar-refractivity contribution in [1.29, 1.82) is 0 Å². The molecule has 9 aromatic carbocycles. The smallest absolute Gasteiger partial charge is 0.164 e. The largest absolute Gasteiger partial charge is 0.264 e. The maximum absolute atomic E-state index is 5.22. The van der Waals surface area contributed by atoms with E-state index >= 15 is 0 Å². The zero-order valence-electron chi connectivity index (χ0n) is 37.3. The summed E-state index contributed by atoms with van der Waals surface area (Å²) in [4.78, 5) is 25.2. The van der Waals surface area contributed by atoms with Crippen molar-refractivity contribution in [3.63, 3.8) is 0 Å². The molecule has 14 rings (SSSR count). The zero-order chi connectivity index (χ0) is 45.5. The van der Waals surface area contributed by atoms with Gasteiger partial charge in [-0.1, -0.05) is 188 Å². The SMILES string of the molecule is c1ccc(-c2nc(-c3ccccc3)nc(-c3cc(-c4ccc(-c5nc6ccccc6c6ccncc56)cc4)cc(-c4ccc5c(c4)-c4ccccc4C54c5ccccc5-c5ccccc54)c3)n2)cc1. The van der Waals surface area contributed by atoms with E-state index in [4.69, 9.17) is 19.9 Å². The first-order valence-corrected chi connectivity index (χ1v) is 23.4. The highest BCUT2D eigenvalue weighted by Crippen LogP contribution is 2.63. The summed E-state index contributed by atoms with van der Waals surface area (Å²) in [7, 11) is 0. The average molecular weight is 878 g/mol. The van der Waals surface area contributed by atoms with Crippen LogP contribution in [-0.2, 0) is 5.41 Å². The maximum atomic E-state index is 5.22. The van der Waals surface area contributed by atoms with Gasteiger partial charge in [0.25, 0.3) is 0 Å². The van der Waals surface area contributed by atoms with Crippen LogP contribution in [0, 0.1) is 0 Å². The molecule has 3 aromatic heterocycles. The molecule has 2 aliphatic rings. The molecule has 0 fully saturated rings. The van der Waals surface area contributed by atoms with Crippen molar-refractivity contribution in [2.45, 2.75) is 5.41 Å². The molecule has 5 nitrogen and oxygen atoms in total. The van der Waals surface area contributed by atoms with Gasteiger partial charge in [-0.3, -0.25) is 4.98 Å². The van der Waals surface area contributed by atoms with E-state index in [2.05, 4.69) is 187 Å². The fourth-order valence-corrected chi connectivity index (χ4v) is 11.1. The van der Waals surface area contributed by atoms with Crippen molar-refractivity contribution in [3.8, 4) is 89.9 Å². The monoisotopic (exact) mass is 877 g/mol. The van der Waals surface area contributed by atoms with Gasteiger partial charge in [-0.15, -0.1) is 0 Å². The molecule has 69 heavy (non-hydrogen) atoms. The van der Waals surface area contributed by atoms with Crippen molar-refractivity contribution >= 4 is 21.7 Å². The topological polar surface area (TPSA) is 64.5 Å². The van der Waals surface area contributed by atoms with E-state index in [0.717, 1.165) is 71.9 Å². The molecule has 320 valence electrons. The lowest BCUT2D eigenvalue weighted by molar-refractivity contribution is 0.794. The highest BCUT2D eigenvalue weighted by molar-refractivity contribution is 6.10. The van der Waals surface area contributed by atoms with Crippen LogP contribution in [0.3, 0.4) is 0 Å². The van der Waals surface area contributed by atoms with Gasteiger partial charge in [0, 0.05) is 45.4 Å². The second kappa shape index (κ2) is 15.4. The molecule has 1 spiro atoms. The van der Waals surface area contributed by atoms with E-state index in [9.17, 15) is 0 Å². The Bertz CT molecular complexity index is 3910. The standard InChI is InChI=1S/C64H39N5/c1-3-15-42(16-4-1)61-67-62(43-17-5-2-6-18-43)69-63(68-61)47-36-45(40-27-29-41(30-28-40)60-54-39-65-34-33-48(54)52-22-10-14-26-59(52)66-60)35-46(37-47)44-31-32-58-53(38-44)51-21-9-13-25-57(51)64(58)55-23-11-7-19-49(55)50-20-8-12-24-56(50)64/h1-39H. The van der Waals surface area contributed by atoms with Crippen LogP contribution in [0.2, 0.25) is 0 Å². The third-order valence-corrected chi connectivity index (χ3v) is 14.2. The Kier molecular flexibility index (Phi) is 8.73. The van der Waals surface area contributed by atoms with Gasteiger partial charge >= 0.3 is 0 Å². The zero-order valence-corrected chi connectivity index (χ0v) is 37.3. The Morgan fingerprint density at radius 3 is 1.39 bits per heavy atom. The number of benzene rings is 9. The Balaban J connectivity index is 0.966. The second-order valence-corrected chi connectivity index (χ2v) is 18.0. The number of para-hydroxylation sites is 1. The summed E-state index contributed by atoms with van der Waals surface area (Å²) in [6.45, 7) is 0. The Labute approximate surface area is 399 Å². The summed E-state index contributed by atoms with van der Waals surface area (Å²) in [5.41, 5.74) is 19.9. The van der Waals surface area contributed by atoms with Crippen molar-refractivity contribution in [1.82, 2.24) is 24.9 Å². The van der Waals surface area contributed by atoms with E-state index in [0.29, 0.717) is 17.5 Å². The average Bonchev–Trinajstić information content (AvgIpc) is 3.90. The summed E-state index contributed by atoms with van der Waals surface area (Å²) >= 11 is 0. The number of hydrogen-bond acceptors (Lipinski definition) is 5. The molecule has 2 aliphatic carbocycles. The van der Waals surface area contributed by atoms with Gasteiger partial charge in [0.2, 0.25) is 0 Å². The first-order chi connectivity index (χ1) is 34.2. The van der Waals surface area contributed by atoms with Crippen LogP contribution in [0.5, 0.6) is 0 Å². The van der Waals surface area contributed by atoms with E-state index in [-0.39, 0.29) is 0 Å². The van der Waals surface area contributed by atoms with Gasteiger partial charge < -0.3 is 0 Å². The molecule has 0 saturated heterocycles. The van der Waals surface area contributed by atoms with E-state index < -0.39 is 5.41 Å². The maximum Gasteiger partial charge on any atom is 0.164 e. The van der Waals surface area contributed by atoms with Crippen LogP contribution in [0.4, 0.5) is 0 Å². The summed E-state index contributed by atoms with van der Waals surface area (Å²) < 4.78 is 0. The molecular weight excluding hydrogens is 839 g/mol. The molecule has 0 amide bonds. The summed E-state index contributed by atoms with van der Waals surface area (Å²) in [6, 6.07) is 80.3. The van der Waals surface area contributed by atoms with Gasteiger partial charge in [-0.2, -0.15) is 0 Å². The number of nitrogens with zero attached hydrogens (tertiary/aromatic N) is 5. The van der Waals surface area contributed by atoms with Crippen LogP contribution in [-0.4, -0.2) is 24.9 Å². The molecule has 5 heteroatoms. The Morgan fingerprint density at radius 2 is 0.754 bits per heavy atom. The minimum Gasteiger partial charge on any atom is -0.264 e. The minimum atomic E-state index is -0.416. The number of aromatic nitrogens is 5. The molecular formula is C64H39N5. The van der Waals surface area contributed by atoms with Crippen LogP contribution < -0.4 is 0 Å². The predicted octanol–water partition coefficient (Wildman–Crippen LogP) is 15.3. The Morgan fingerprint density at radius 1 is 0.275 bits per heavy atom. The van der Waals surface area contributed by atoms with Crippen LogP contribution in [0.25, 0.3) is 112 Å². The molecule has 0 unspecified atom stereocenters. The number of pyridine rings is 2. The first-order valence-electron chi connectivity index (χ1n) is 23.4. The highest BCUT2D eigenvalue weighted by Gasteiger charge is 2.51. The van der Waals surface area contributed by atoms with Gasteiger partial charge in [-0.05, 0) is 109 Å². The van der Waals surface area contributed by atoms with Crippen molar-refractivity contribution in [3.05, 3.63) is 259 Å². The third kappa shape index (κ3) is 6.07. The fourth-order valence-electron chi connectivity index (χ4n) is 11.1. The Hall–Kier alpha value is -9.19. The first kappa shape index (κ1) is 39.0. The highest BCUT2D eigenvalue weighted by atomic mass is 15.0. The van der Waals surface area contributed by atoms with Crippen molar-refractivity contribution < 1.29 is 0 Å². The van der Waals surface area contributed by atoms with Crippen LogP contribution in [0.15, 0.2) is 237 Å². The predicted molar refractivity (Wildman–Crippen MR) is 279 cm³/mol. The molecule has 0 N–H and O–H groups in total. The molecule has 0 saturated carbocycles. The van der Waals surface area contributed by atoms with Gasteiger partial charge in [0.05, 0.1) is 16.6 Å². The molecule has 0 bridgehead atoms. The van der Waals surface area contributed by atoms with E-state index in [1.54, 1.807) is 0 Å². The molecule has 0 radical (unpaired) electrons. The lowest BCUT2D eigenvalue weighted by Gasteiger charge is -2.30. The van der Waals surface area contributed by atoms with Crippen LogP contribution in [0.1, 0.15) is 22.3 Å². The molecule has 0 aliphatic heterocycles. The number of fused-ring (bicyclic) bond motifs is 13. The molecule has 12 aromatic rings.